The molecule has 0 saturated carbocycles. The summed E-state index contributed by atoms with van der Waals surface area (Å²) in [6, 6.07) is 7.28. The van der Waals surface area contributed by atoms with Gasteiger partial charge >= 0.3 is 0 Å². The summed E-state index contributed by atoms with van der Waals surface area (Å²) in [4.78, 5) is 18.4. The molecule has 23 heavy (non-hydrogen) atoms. The smallest absolute Gasteiger partial charge is 0.240 e. The summed E-state index contributed by atoms with van der Waals surface area (Å²) in [5.74, 6) is 0.714. The van der Waals surface area contributed by atoms with Crippen LogP contribution in [0.4, 0.5) is 5.82 Å². The van der Waals surface area contributed by atoms with Gasteiger partial charge in [-0.15, -0.1) is 0 Å². The molecule has 2 saturated heterocycles. The van der Waals surface area contributed by atoms with Gasteiger partial charge in [0.25, 0.3) is 0 Å². The van der Waals surface area contributed by atoms with Crippen LogP contribution in [0.1, 0.15) is 24.8 Å². The molecule has 2 N–H and O–H groups in total. The number of nitrogens with one attached hydrogen (secondary N) is 2. The summed E-state index contributed by atoms with van der Waals surface area (Å²) in [5.41, 5.74) is 0.518. The average Bonchev–Trinajstić information content (AvgIpc) is 3.24. The molecule has 1 aromatic rings. The molecule has 3 atom stereocenters. The number of hydrogen-bond donors (Lipinski definition) is 2. The van der Waals surface area contributed by atoms with Gasteiger partial charge in [0, 0.05) is 25.3 Å². The predicted molar refractivity (Wildman–Crippen MR) is 83.1 cm³/mol. The van der Waals surface area contributed by atoms with Crippen molar-refractivity contribution >= 4 is 11.7 Å². The third-order valence-corrected chi connectivity index (χ3v) is 4.36. The van der Waals surface area contributed by atoms with Crippen LogP contribution in [0.15, 0.2) is 18.3 Å². The van der Waals surface area contributed by atoms with E-state index >= 15 is 0 Å². The fourth-order valence-electron chi connectivity index (χ4n) is 3.15. The molecule has 7 heteroatoms. The van der Waals surface area contributed by atoms with E-state index in [1.807, 2.05) is 6.07 Å². The first kappa shape index (κ1) is 15.3. The molecule has 7 nitrogen and oxygen atoms in total. The molecular formula is C16H18N6O. The van der Waals surface area contributed by atoms with E-state index in [2.05, 4.69) is 21.7 Å². The molecule has 0 aromatic carbocycles. The van der Waals surface area contributed by atoms with E-state index in [4.69, 9.17) is 10.5 Å². The van der Waals surface area contributed by atoms with Crippen molar-refractivity contribution < 1.29 is 4.79 Å². The highest BCUT2D eigenvalue weighted by molar-refractivity contribution is 5.83. The zero-order valence-electron chi connectivity index (χ0n) is 12.7. The Morgan fingerprint density at radius 1 is 1.43 bits per heavy atom. The summed E-state index contributed by atoms with van der Waals surface area (Å²) in [6.07, 6.45) is 3.85. The summed E-state index contributed by atoms with van der Waals surface area (Å²) < 4.78 is 0. The number of nitrogens with zero attached hydrogens (tertiary/aromatic N) is 4. The SMILES string of the molecule is N#Cc1ccc(N[C@H]2CN[C@H](C(=O)N3CCC[C@H]3C#N)C2)nc1. The Balaban J connectivity index is 1.57. The lowest BCUT2D eigenvalue weighted by Gasteiger charge is -2.23. The van der Waals surface area contributed by atoms with E-state index in [0.29, 0.717) is 30.9 Å². The van der Waals surface area contributed by atoms with Crippen LogP contribution in [0.25, 0.3) is 0 Å². The van der Waals surface area contributed by atoms with Crippen LogP contribution >= 0.6 is 0 Å². The van der Waals surface area contributed by atoms with E-state index in [1.54, 1.807) is 17.0 Å². The van der Waals surface area contributed by atoms with Crippen molar-refractivity contribution in [3.05, 3.63) is 23.9 Å². The van der Waals surface area contributed by atoms with Crippen molar-refractivity contribution in [2.45, 2.75) is 37.4 Å². The second kappa shape index (κ2) is 6.64. The average molecular weight is 310 g/mol. The number of anilines is 1. The van der Waals surface area contributed by atoms with Crippen molar-refractivity contribution in [3.63, 3.8) is 0 Å². The lowest BCUT2D eigenvalue weighted by Crippen LogP contribution is -2.45. The Hall–Kier alpha value is -2.64. The first-order valence-corrected chi connectivity index (χ1v) is 7.77. The summed E-state index contributed by atoms with van der Waals surface area (Å²) >= 11 is 0. The molecule has 1 aromatic heterocycles. The van der Waals surface area contributed by atoms with Crippen molar-refractivity contribution in [2.75, 3.05) is 18.4 Å². The van der Waals surface area contributed by atoms with Crippen LogP contribution in [-0.4, -0.2) is 47.0 Å². The first-order valence-electron chi connectivity index (χ1n) is 7.77. The Morgan fingerprint density at radius 3 is 3.00 bits per heavy atom. The van der Waals surface area contributed by atoms with E-state index in [9.17, 15) is 4.79 Å². The molecule has 2 aliphatic heterocycles. The predicted octanol–water partition coefficient (Wildman–Crippen LogP) is 0.610. The number of rotatable bonds is 3. The number of carbonyl (C=O) groups excluding carboxylic acids is 1. The highest BCUT2D eigenvalue weighted by Gasteiger charge is 2.37. The maximum Gasteiger partial charge on any atom is 0.240 e. The zero-order chi connectivity index (χ0) is 16.2. The minimum Gasteiger partial charge on any atom is -0.366 e. The lowest BCUT2D eigenvalue weighted by atomic mass is 10.1. The van der Waals surface area contributed by atoms with Gasteiger partial charge in [0.2, 0.25) is 5.91 Å². The number of pyridine rings is 1. The molecule has 2 aliphatic rings. The fraction of sp³-hybridized carbons (Fsp3) is 0.500. The van der Waals surface area contributed by atoms with Crippen LogP contribution in [0, 0.1) is 22.7 Å². The number of hydrogen-bond acceptors (Lipinski definition) is 6. The number of likely N-dealkylation sites (tertiary alicyclic amines) is 1. The highest BCUT2D eigenvalue weighted by atomic mass is 16.2. The number of amides is 1. The monoisotopic (exact) mass is 310 g/mol. The Morgan fingerprint density at radius 2 is 2.30 bits per heavy atom. The van der Waals surface area contributed by atoms with E-state index in [1.165, 1.54) is 6.20 Å². The van der Waals surface area contributed by atoms with Crippen LogP contribution in [-0.2, 0) is 4.79 Å². The van der Waals surface area contributed by atoms with Crippen molar-refractivity contribution in [1.29, 1.82) is 10.5 Å². The lowest BCUT2D eigenvalue weighted by molar-refractivity contribution is -0.133. The molecule has 118 valence electrons. The Bertz CT molecular complexity index is 659. The minimum atomic E-state index is -0.281. The highest BCUT2D eigenvalue weighted by Crippen LogP contribution is 2.21. The van der Waals surface area contributed by atoms with Gasteiger partial charge in [-0.25, -0.2) is 4.98 Å². The second-order valence-electron chi connectivity index (χ2n) is 5.90. The molecule has 0 aliphatic carbocycles. The molecule has 1 amide bonds. The first-order chi connectivity index (χ1) is 11.2. The Kier molecular flexibility index (Phi) is 4.40. The normalized spacial score (nSPS) is 26.5. The van der Waals surface area contributed by atoms with Crippen LogP contribution in [0.5, 0.6) is 0 Å². The molecule has 0 spiro atoms. The second-order valence-corrected chi connectivity index (χ2v) is 5.90. The van der Waals surface area contributed by atoms with E-state index in [-0.39, 0.29) is 24.0 Å². The molecular weight excluding hydrogens is 292 g/mol. The number of nitriles is 2. The third kappa shape index (κ3) is 3.25. The topological polar surface area (TPSA) is 105 Å². The maximum atomic E-state index is 12.5. The summed E-state index contributed by atoms with van der Waals surface area (Å²) in [6.45, 7) is 1.34. The standard InChI is InChI=1S/C16H18N6O/c17-7-11-3-4-15(20-9-11)21-12-6-14(19-10-12)16(23)22-5-1-2-13(22)8-18/h3-4,9,12-14,19H,1-2,5-6,10H2,(H,20,21)/t12-,13+,14+/m1/s1. The van der Waals surface area contributed by atoms with E-state index in [0.717, 1.165) is 12.8 Å². The van der Waals surface area contributed by atoms with Crippen LogP contribution in [0.2, 0.25) is 0 Å². The van der Waals surface area contributed by atoms with Gasteiger partial charge in [-0.05, 0) is 31.4 Å². The molecule has 0 unspecified atom stereocenters. The van der Waals surface area contributed by atoms with Gasteiger partial charge in [-0.1, -0.05) is 0 Å². The Labute approximate surface area is 134 Å². The van der Waals surface area contributed by atoms with Crippen molar-refractivity contribution in [2.24, 2.45) is 0 Å². The van der Waals surface area contributed by atoms with Gasteiger partial charge in [-0.3, -0.25) is 4.79 Å². The molecule has 3 rings (SSSR count). The van der Waals surface area contributed by atoms with Gasteiger partial charge < -0.3 is 15.5 Å². The summed E-state index contributed by atoms with van der Waals surface area (Å²) in [7, 11) is 0. The molecule has 3 heterocycles. The number of carbonyl (C=O) groups is 1. The van der Waals surface area contributed by atoms with Crippen LogP contribution in [0.3, 0.4) is 0 Å². The largest absolute Gasteiger partial charge is 0.366 e. The number of aromatic nitrogens is 1. The van der Waals surface area contributed by atoms with Gasteiger partial charge in [0.1, 0.15) is 17.9 Å². The third-order valence-electron chi connectivity index (χ3n) is 4.36. The maximum absolute atomic E-state index is 12.5. The molecule has 0 bridgehead atoms. The van der Waals surface area contributed by atoms with E-state index < -0.39 is 0 Å². The summed E-state index contributed by atoms with van der Waals surface area (Å²) in [5, 5.41) is 24.4. The molecule has 0 radical (unpaired) electrons. The van der Waals surface area contributed by atoms with Gasteiger partial charge in [0.05, 0.1) is 17.7 Å². The fourth-order valence-corrected chi connectivity index (χ4v) is 3.15. The zero-order valence-corrected chi connectivity index (χ0v) is 12.7. The van der Waals surface area contributed by atoms with Gasteiger partial charge in [-0.2, -0.15) is 10.5 Å². The van der Waals surface area contributed by atoms with Crippen molar-refractivity contribution in [3.8, 4) is 12.1 Å². The van der Waals surface area contributed by atoms with Gasteiger partial charge in [0.15, 0.2) is 0 Å². The van der Waals surface area contributed by atoms with Crippen LogP contribution < -0.4 is 10.6 Å². The quantitative estimate of drug-likeness (QED) is 0.847. The minimum absolute atomic E-state index is 0.0196. The molecule has 2 fully saturated rings. The van der Waals surface area contributed by atoms with Crippen molar-refractivity contribution in [1.82, 2.24) is 15.2 Å².